The lowest BCUT2D eigenvalue weighted by Crippen LogP contribution is -2.47. The van der Waals surface area contributed by atoms with Gasteiger partial charge in [-0.05, 0) is 57.6 Å². The largest absolute Gasteiger partial charge is 0.314 e. The van der Waals surface area contributed by atoms with E-state index in [-0.39, 0.29) is 0 Å². The van der Waals surface area contributed by atoms with Gasteiger partial charge in [-0.3, -0.25) is 0 Å². The van der Waals surface area contributed by atoms with Gasteiger partial charge in [-0.25, -0.2) is 0 Å². The van der Waals surface area contributed by atoms with Crippen molar-refractivity contribution in [1.29, 1.82) is 0 Å². The van der Waals surface area contributed by atoms with E-state index in [4.69, 9.17) is 0 Å². The third-order valence-corrected chi connectivity index (χ3v) is 5.48. The summed E-state index contributed by atoms with van der Waals surface area (Å²) in [7, 11) is 0. The average molecular weight is 286 g/mol. The van der Waals surface area contributed by atoms with E-state index in [0.29, 0.717) is 12.1 Å². The van der Waals surface area contributed by atoms with Crippen molar-refractivity contribution in [3.8, 4) is 0 Å². The maximum atomic E-state index is 3.92. The van der Waals surface area contributed by atoms with E-state index in [0.717, 1.165) is 12.0 Å². The van der Waals surface area contributed by atoms with Crippen LogP contribution in [0.3, 0.4) is 0 Å². The van der Waals surface area contributed by atoms with Crippen LogP contribution < -0.4 is 10.6 Å². The second kappa shape index (κ2) is 6.93. The molecular weight excluding hydrogens is 256 g/mol. The van der Waals surface area contributed by atoms with Crippen LogP contribution in [0.1, 0.15) is 62.6 Å². The first kappa shape index (κ1) is 15.1. The van der Waals surface area contributed by atoms with Crippen molar-refractivity contribution in [3.05, 3.63) is 35.4 Å². The molecule has 1 heterocycles. The lowest BCUT2D eigenvalue weighted by molar-refractivity contribution is 0.248. The highest BCUT2D eigenvalue weighted by Crippen LogP contribution is 2.33. The molecule has 0 bridgehead atoms. The van der Waals surface area contributed by atoms with Crippen molar-refractivity contribution < 1.29 is 0 Å². The molecular formula is C19H30N2. The fourth-order valence-electron chi connectivity index (χ4n) is 4.19. The average Bonchev–Trinajstić information content (AvgIpc) is 2.97. The van der Waals surface area contributed by atoms with Gasteiger partial charge in [0.2, 0.25) is 0 Å². The third kappa shape index (κ3) is 3.67. The number of hydrogen-bond donors (Lipinski definition) is 2. The zero-order chi connectivity index (χ0) is 14.7. The Morgan fingerprint density at radius 2 is 1.86 bits per heavy atom. The molecule has 2 aliphatic rings. The van der Waals surface area contributed by atoms with Crippen molar-refractivity contribution in [1.82, 2.24) is 10.6 Å². The second-order valence-corrected chi connectivity index (χ2v) is 7.06. The van der Waals surface area contributed by atoms with Crippen LogP contribution in [0.5, 0.6) is 0 Å². The Morgan fingerprint density at radius 3 is 2.57 bits per heavy atom. The lowest BCUT2D eigenvalue weighted by atomic mass is 9.88. The predicted octanol–water partition coefficient (Wildman–Crippen LogP) is 3.96. The SMILES string of the molecule is Cc1ccc([C@H](C)NC2CCCC2C2CCCCN2)cc1. The van der Waals surface area contributed by atoms with Crippen molar-refractivity contribution in [3.63, 3.8) is 0 Å². The summed E-state index contributed by atoms with van der Waals surface area (Å²) < 4.78 is 0. The second-order valence-electron chi connectivity index (χ2n) is 7.06. The summed E-state index contributed by atoms with van der Waals surface area (Å²) >= 11 is 0. The van der Waals surface area contributed by atoms with Gasteiger partial charge in [0.1, 0.15) is 0 Å². The first-order valence-corrected chi connectivity index (χ1v) is 8.80. The minimum absolute atomic E-state index is 0.458. The van der Waals surface area contributed by atoms with E-state index < -0.39 is 0 Å². The molecule has 2 N–H and O–H groups in total. The van der Waals surface area contributed by atoms with Crippen LogP contribution in [0.4, 0.5) is 0 Å². The van der Waals surface area contributed by atoms with Crippen molar-refractivity contribution in [2.45, 2.75) is 70.5 Å². The fourth-order valence-corrected chi connectivity index (χ4v) is 4.19. The van der Waals surface area contributed by atoms with Crippen molar-refractivity contribution >= 4 is 0 Å². The zero-order valence-electron chi connectivity index (χ0n) is 13.6. The first-order chi connectivity index (χ1) is 10.2. The third-order valence-electron chi connectivity index (χ3n) is 5.48. The number of nitrogens with one attached hydrogen (secondary N) is 2. The van der Waals surface area contributed by atoms with Crippen LogP contribution in [0.15, 0.2) is 24.3 Å². The molecule has 1 aliphatic carbocycles. The quantitative estimate of drug-likeness (QED) is 0.875. The van der Waals surface area contributed by atoms with Crippen LogP contribution in [0.25, 0.3) is 0 Å². The molecule has 3 rings (SSSR count). The van der Waals surface area contributed by atoms with Crippen LogP contribution >= 0.6 is 0 Å². The van der Waals surface area contributed by atoms with Crippen molar-refractivity contribution in [2.75, 3.05) is 6.54 Å². The Bertz CT molecular complexity index is 433. The van der Waals surface area contributed by atoms with Gasteiger partial charge in [0, 0.05) is 18.1 Å². The molecule has 3 unspecified atom stereocenters. The molecule has 2 nitrogen and oxygen atoms in total. The van der Waals surface area contributed by atoms with E-state index in [2.05, 4.69) is 48.7 Å². The van der Waals surface area contributed by atoms with E-state index in [1.165, 1.54) is 56.2 Å². The standard InChI is InChI=1S/C19H30N2/c1-14-9-11-16(12-10-14)15(2)21-19-8-5-6-17(19)18-7-3-4-13-20-18/h9-12,15,17-21H,3-8,13H2,1-2H3/t15-,17?,18?,19?/m0/s1. The molecule has 1 saturated heterocycles. The highest BCUT2D eigenvalue weighted by atomic mass is 15.0. The van der Waals surface area contributed by atoms with Gasteiger partial charge in [0.25, 0.3) is 0 Å². The summed E-state index contributed by atoms with van der Waals surface area (Å²) in [4.78, 5) is 0. The zero-order valence-corrected chi connectivity index (χ0v) is 13.6. The molecule has 4 atom stereocenters. The van der Waals surface area contributed by atoms with Crippen LogP contribution in [0.2, 0.25) is 0 Å². The maximum Gasteiger partial charge on any atom is 0.0294 e. The van der Waals surface area contributed by atoms with Crippen LogP contribution in [-0.2, 0) is 0 Å². The van der Waals surface area contributed by atoms with Gasteiger partial charge < -0.3 is 10.6 Å². The molecule has 116 valence electrons. The number of aryl methyl sites for hydroxylation is 1. The summed E-state index contributed by atoms with van der Waals surface area (Å²) in [5.41, 5.74) is 2.76. The maximum absolute atomic E-state index is 3.92. The summed E-state index contributed by atoms with van der Waals surface area (Å²) in [6, 6.07) is 10.9. The monoisotopic (exact) mass is 286 g/mol. The molecule has 21 heavy (non-hydrogen) atoms. The number of benzene rings is 1. The van der Waals surface area contributed by atoms with Gasteiger partial charge >= 0.3 is 0 Å². The van der Waals surface area contributed by atoms with Gasteiger partial charge in [-0.15, -0.1) is 0 Å². The molecule has 0 radical (unpaired) electrons. The Kier molecular flexibility index (Phi) is 4.97. The minimum Gasteiger partial charge on any atom is -0.314 e. The van der Waals surface area contributed by atoms with Gasteiger partial charge in [0.05, 0.1) is 0 Å². The molecule has 0 amide bonds. The van der Waals surface area contributed by atoms with Gasteiger partial charge in [-0.2, -0.15) is 0 Å². The number of piperidine rings is 1. The normalized spacial score (nSPS) is 31.2. The summed E-state index contributed by atoms with van der Waals surface area (Å²) in [5, 5.41) is 7.69. The van der Waals surface area contributed by atoms with Gasteiger partial charge in [0.15, 0.2) is 0 Å². The first-order valence-electron chi connectivity index (χ1n) is 8.80. The molecule has 1 aliphatic heterocycles. The van der Waals surface area contributed by atoms with Crippen LogP contribution in [-0.4, -0.2) is 18.6 Å². The van der Waals surface area contributed by atoms with E-state index in [1.54, 1.807) is 0 Å². The number of rotatable bonds is 4. The topological polar surface area (TPSA) is 24.1 Å². The van der Waals surface area contributed by atoms with Crippen LogP contribution in [0, 0.1) is 12.8 Å². The number of hydrogen-bond acceptors (Lipinski definition) is 2. The highest BCUT2D eigenvalue weighted by Gasteiger charge is 2.34. The highest BCUT2D eigenvalue weighted by molar-refractivity contribution is 5.23. The molecule has 0 spiro atoms. The molecule has 1 aromatic carbocycles. The fraction of sp³-hybridized carbons (Fsp3) is 0.684. The lowest BCUT2D eigenvalue weighted by Gasteiger charge is -2.34. The Labute approximate surface area is 129 Å². The molecule has 1 saturated carbocycles. The van der Waals surface area contributed by atoms with E-state index in [1.807, 2.05) is 0 Å². The van der Waals surface area contributed by atoms with E-state index >= 15 is 0 Å². The summed E-state index contributed by atoms with van der Waals surface area (Å²) in [6.45, 7) is 5.69. The molecule has 2 fully saturated rings. The Hall–Kier alpha value is -0.860. The Morgan fingerprint density at radius 1 is 1.05 bits per heavy atom. The molecule has 2 heteroatoms. The van der Waals surface area contributed by atoms with E-state index in [9.17, 15) is 0 Å². The van der Waals surface area contributed by atoms with Gasteiger partial charge in [-0.1, -0.05) is 42.7 Å². The molecule has 0 aromatic heterocycles. The minimum atomic E-state index is 0.458. The van der Waals surface area contributed by atoms with Crippen molar-refractivity contribution in [2.24, 2.45) is 5.92 Å². The molecule has 1 aromatic rings. The smallest absolute Gasteiger partial charge is 0.0294 e. The summed E-state index contributed by atoms with van der Waals surface area (Å²) in [6.07, 6.45) is 8.29. The predicted molar refractivity (Wildman–Crippen MR) is 89.5 cm³/mol. The summed E-state index contributed by atoms with van der Waals surface area (Å²) in [5.74, 6) is 0.832. The Balaban J connectivity index is 1.61.